The topological polar surface area (TPSA) is 42.4 Å². The van der Waals surface area contributed by atoms with Gasteiger partial charge in [0, 0.05) is 30.5 Å². The molecule has 0 spiro atoms. The van der Waals surface area contributed by atoms with Crippen molar-refractivity contribution in [1.82, 2.24) is 4.98 Å². The molecule has 2 rings (SSSR count). The smallest absolute Gasteiger partial charge is 0.0953 e. The highest BCUT2D eigenvalue weighted by atomic mass is 32.1. The van der Waals surface area contributed by atoms with E-state index >= 15 is 0 Å². The zero-order valence-corrected chi connectivity index (χ0v) is 9.80. The van der Waals surface area contributed by atoms with Crippen LogP contribution < -0.4 is 0 Å². The number of nitrogens with zero attached hydrogens (tertiary/aromatic N) is 1. The number of ether oxygens (including phenoxy) is 1. The molecular formula is C11H17NO2S. The van der Waals surface area contributed by atoms with E-state index in [2.05, 4.69) is 4.98 Å². The number of thiazole rings is 1. The molecule has 2 unspecified atom stereocenters. The Balaban J connectivity index is 1.88. The van der Waals surface area contributed by atoms with Crippen molar-refractivity contribution < 1.29 is 9.84 Å². The Hall–Kier alpha value is -0.450. The summed E-state index contributed by atoms with van der Waals surface area (Å²) in [5.41, 5.74) is 0. The van der Waals surface area contributed by atoms with Crippen molar-refractivity contribution in [2.75, 3.05) is 6.61 Å². The third kappa shape index (κ3) is 3.26. The van der Waals surface area contributed by atoms with Gasteiger partial charge in [-0.15, -0.1) is 11.3 Å². The van der Waals surface area contributed by atoms with Gasteiger partial charge in [0.05, 0.1) is 17.2 Å². The second kappa shape index (κ2) is 5.05. The van der Waals surface area contributed by atoms with Crippen LogP contribution in [0, 0.1) is 0 Å². The molecule has 0 saturated carbocycles. The minimum absolute atomic E-state index is 0.277. The van der Waals surface area contributed by atoms with Crippen molar-refractivity contribution in [2.24, 2.45) is 0 Å². The number of hydrogen-bond donors (Lipinski definition) is 1. The molecule has 0 amide bonds. The van der Waals surface area contributed by atoms with E-state index in [-0.39, 0.29) is 6.10 Å². The van der Waals surface area contributed by atoms with Crippen molar-refractivity contribution in [3.8, 4) is 0 Å². The zero-order valence-electron chi connectivity index (χ0n) is 8.98. The maximum atomic E-state index is 9.25. The molecule has 1 aromatic heterocycles. The van der Waals surface area contributed by atoms with Gasteiger partial charge in [-0.3, -0.25) is 0 Å². The van der Waals surface area contributed by atoms with Gasteiger partial charge in [0.1, 0.15) is 0 Å². The number of aromatic nitrogens is 1. The Morgan fingerprint density at radius 3 is 3.27 bits per heavy atom. The lowest BCUT2D eigenvalue weighted by Crippen LogP contribution is -2.08. The predicted octanol–water partition coefficient (Wildman–Crippen LogP) is 1.79. The first-order valence-corrected chi connectivity index (χ1v) is 6.29. The summed E-state index contributed by atoms with van der Waals surface area (Å²) in [4.78, 5) is 5.52. The molecule has 3 nitrogen and oxygen atoms in total. The molecule has 1 aromatic rings. The lowest BCUT2D eigenvalue weighted by molar-refractivity contribution is 0.111. The zero-order chi connectivity index (χ0) is 10.7. The van der Waals surface area contributed by atoms with Gasteiger partial charge in [-0.25, -0.2) is 4.98 Å². The van der Waals surface area contributed by atoms with Crippen LogP contribution in [0.15, 0.2) is 6.20 Å². The van der Waals surface area contributed by atoms with Crippen LogP contribution in [-0.2, 0) is 17.6 Å². The molecule has 0 radical (unpaired) electrons. The minimum Gasteiger partial charge on any atom is -0.393 e. The van der Waals surface area contributed by atoms with Gasteiger partial charge in [-0.2, -0.15) is 0 Å². The second-order valence-electron chi connectivity index (χ2n) is 4.11. The van der Waals surface area contributed by atoms with Crippen LogP contribution in [0.25, 0.3) is 0 Å². The number of rotatable bonds is 4. The summed E-state index contributed by atoms with van der Waals surface area (Å²) >= 11 is 1.70. The molecule has 0 bridgehead atoms. The first-order valence-electron chi connectivity index (χ1n) is 5.47. The minimum atomic E-state index is -0.277. The van der Waals surface area contributed by atoms with E-state index in [0.717, 1.165) is 29.3 Å². The summed E-state index contributed by atoms with van der Waals surface area (Å²) in [5.74, 6) is 0. The van der Waals surface area contributed by atoms with Crippen LogP contribution in [0.2, 0.25) is 0 Å². The summed E-state index contributed by atoms with van der Waals surface area (Å²) in [6, 6.07) is 0. The number of hydrogen-bond acceptors (Lipinski definition) is 4. The summed E-state index contributed by atoms with van der Waals surface area (Å²) in [6.07, 6.45) is 5.95. The average Bonchev–Trinajstić information content (AvgIpc) is 2.77. The van der Waals surface area contributed by atoms with Gasteiger partial charge in [0.25, 0.3) is 0 Å². The first-order chi connectivity index (χ1) is 7.24. The molecule has 1 fully saturated rings. The Morgan fingerprint density at radius 1 is 1.73 bits per heavy atom. The first kappa shape index (κ1) is 11.0. The van der Waals surface area contributed by atoms with E-state index in [4.69, 9.17) is 4.74 Å². The van der Waals surface area contributed by atoms with Gasteiger partial charge in [0.15, 0.2) is 0 Å². The van der Waals surface area contributed by atoms with E-state index in [1.54, 1.807) is 18.3 Å². The Labute approximate surface area is 94.1 Å². The number of aliphatic hydroxyl groups is 1. The van der Waals surface area contributed by atoms with Gasteiger partial charge in [-0.05, 0) is 19.8 Å². The highest BCUT2D eigenvalue weighted by molar-refractivity contribution is 7.11. The summed E-state index contributed by atoms with van der Waals surface area (Å²) in [6.45, 7) is 2.70. The molecule has 2 heterocycles. The van der Waals surface area contributed by atoms with Crippen molar-refractivity contribution in [2.45, 2.75) is 44.8 Å². The highest BCUT2D eigenvalue weighted by Crippen LogP contribution is 2.21. The molecule has 1 aliphatic heterocycles. The highest BCUT2D eigenvalue weighted by Gasteiger charge is 2.17. The largest absolute Gasteiger partial charge is 0.393 e. The molecule has 1 saturated heterocycles. The predicted molar refractivity (Wildman–Crippen MR) is 60.2 cm³/mol. The van der Waals surface area contributed by atoms with Crippen LogP contribution in [0.3, 0.4) is 0 Å². The quantitative estimate of drug-likeness (QED) is 0.852. The van der Waals surface area contributed by atoms with Crippen molar-refractivity contribution in [3.05, 3.63) is 16.1 Å². The summed E-state index contributed by atoms with van der Waals surface area (Å²) < 4.78 is 5.56. The molecule has 0 aromatic carbocycles. The third-order valence-electron chi connectivity index (χ3n) is 2.52. The molecule has 15 heavy (non-hydrogen) atoms. The van der Waals surface area contributed by atoms with E-state index in [1.165, 1.54) is 6.42 Å². The van der Waals surface area contributed by atoms with Crippen molar-refractivity contribution in [1.29, 1.82) is 0 Å². The van der Waals surface area contributed by atoms with Crippen LogP contribution >= 0.6 is 11.3 Å². The normalized spacial score (nSPS) is 23.2. The van der Waals surface area contributed by atoms with Gasteiger partial charge in [0.2, 0.25) is 0 Å². The fraction of sp³-hybridized carbons (Fsp3) is 0.727. The Kier molecular flexibility index (Phi) is 3.72. The molecule has 4 heteroatoms. The Bertz CT molecular complexity index is 305. The molecule has 1 N–H and O–H groups in total. The van der Waals surface area contributed by atoms with Crippen LogP contribution in [0.1, 0.15) is 29.7 Å². The van der Waals surface area contributed by atoms with Gasteiger partial charge >= 0.3 is 0 Å². The SMILES string of the molecule is CC(O)Cc1cnc(CC2CCCO2)s1. The molecule has 0 aliphatic carbocycles. The van der Waals surface area contributed by atoms with E-state index < -0.39 is 0 Å². The Morgan fingerprint density at radius 2 is 2.60 bits per heavy atom. The second-order valence-corrected chi connectivity index (χ2v) is 5.31. The lowest BCUT2D eigenvalue weighted by atomic mass is 10.2. The maximum Gasteiger partial charge on any atom is 0.0953 e. The molecule has 1 aliphatic rings. The maximum absolute atomic E-state index is 9.25. The van der Waals surface area contributed by atoms with E-state index in [1.807, 2.05) is 6.20 Å². The standard InChI is InChI=1S/C11H17NO2S/c1-8(13)5-10-7-12-11(15-10)6-9-3-2-4-14-9/h7-9,13H,2-6H2,1H3. The van der Waals surface area contributed by atoms with E-state index in [0.29, 0.717) is 12.5 Å². The van der Waals surface area contributed by atoms with Crippen LogP contribution in [-0.4, -0.2) is 28.9 Å². The molecule has 84 valence electrons. The van der Waals surface area contributed by atoms with Crippen LogP contribution in [0.4, 0.5) is 0 Å². The number of aliphatic hydroxyl groups excluding tert-OH is 1. The van der Waals surface area contributed by atoms with Gasteiger partial charge < -0.3 is 9.84 Å². The summed E-state index contributed by atoms with van der Waals surface area (Å²) in [5, 5.41) is 10.4. The van der Waals surface area contributed by atoms with E-state index in [9.17, 15) is 5.11 Å². The fourth-order valence-corrected chi connectivity index (χ4v) is 2.94. The van der Waals surface area contributed by atoms with Crippen molar-refractivity contribution >= 4 is 11.3 Å². The third-order valence-corrected chi connectivity index (χ3v) is 3.57. The van der Waals surface area contributed by atoms with Crippen molar-refractivity contribution in [3.63, 3.8) is 0 Å². The molecular weight excluding hydrogens is 210 g/mol. The fourth-order valence-electron chi connectivity index (χ4n) is 1.83. The van der Waals surface area contributed by atoms with Crippen LogP contribution in [0.5, 0.6) is 0 Å². The molecule has 2 atom stereocenters. The lowest BCUT2D eigenvalue weighted by Gasteiger charge is -2.05. The monoisotopic (exact) mass is 227 g/mol. The summed E-state index contributed by atoms with van der Waals surface area (Å²) in [7, 11) is 0. The average molecular weight is 227 g/mol. The van der Waals surface area contributed by atoms with Gasteiger partial charge in [-0.1, -0.05) is 0 Å².